The molecule has 7 heteroatoms. The molecule has 7 nitrogen and oxygen atoms in total. The molecule has 0 saturated carbocycles. The Labute approximate surface area is 133 Å². The van der Waals surface area contributed by atoms with Gasteiger partial charge >= 0.3 is 0 Å². The Bertz CT molecular complexity index is 750. The van der Waals surface area contributed by atoms with Gasteiger partial charge in [0.05, 0.1) is 18.0 Å². The third-order valence-corrected chi connectivity index (χ3v) is 4.29. The van der Waals surface area contributed by atoms with Crippen molar-refractivity contribution in [3.05, 3.63) is 34.6 Å². The average Bonchev–Trinajstić information content (AvgIpc) is 2.61. The van der Waals surface area contributed by atoms with Gasteiger partial charge in [-0.1, -0.05) is 17.3 Å². The number of carbonyl (C=O) groups is 1. The molecule has 1 aliphatic heterocycles. The molecule has 1 fully saturated rings. The molecule has 0 radical (unpaired) electrons. The minimum absolute atomic E-state index is 0.0430. The zero-order valence-corrected chi connectivity index (χ0v) is 13.1. The maximum Gasteiger partial charge on any atom is 0.277 e. The number of ether oxygens (including phenoxy) is 1. The largest absolute Gasteiger partial charge is 0.381 e. The Morgan fingerprint density at radius 3 is 2.78 bits per heavy atom. The summed E-state index contributed by atoms with van der Waals surface area (Å²) >= 11 is 0. The first-order valence-corrected chi connectivity index (χ1v) is 7.82. The Balaban J connectivity index is 1.63. The molecule has 122 valence electrons. The van der Waals surface area contributed by atoms with E-state index in [1.807, 2.05) is 11.0 Å². The normalized spacial score (nSPS) is 16.0. The number of nitrogens with zero attached hydrogens (tertiary/aromatic N) is 4. The Morgan fingerprint density at radius 1 is 1.30 bits per heavy atom. The van der Waals surface area contributed by atoms with Gasteiger partial charge in [-0.25, -0.2) is 4.68 Å². The lowest BCUT2D eigenvalue weighted by atomic mass is 10.1. The molecule has 1 aromatic heterocycles. The van der Waals surface area contributed by atoms with Gasteiger partial charge in [-0.05, 0) is 25.0 Å². The summed E-state index contributed by atoms with van der Waals surface area (Å²) in [5, 5.41) is 8.46. The van der Waals surface area contributed by atoms with E-state index in [4.69, 9.17) is 4.74 Å². The number of likely N-dealkylation sites (tertiary alicyclic amines) is 1. The van der Waals surface area contributed by atoms with Crippen LogP contribution in [0.2, 0.25) is 0 Å². The molecular weight excluding hydrogens is 296 g/mol. The number of aryl methyl sites for hydroxylation is 1. The molecule has 2 heterocycles. The molecule has 0 bridgehead atoms. The predicted octanol–water partition coefficient (Wildman–Crippen LogP) is 0.819. The zero-order valence-electron chi connectivity index (χ0n) is 13.1. The first-order valence-electron chi connectivity index (χ1n) is 7.82. The van der Waals surface area contributed by atoms with Crippen molar-refractivity contribution in [2.75, 3.05) is 20.2 Å². The molecule has 23 heavy (non-hydrogen) atoms. The number of hydrogen-bond donors (Lipinski definition) is 0. The van der Waals surface area contributed by atoms with Gasteiger partial charge < -0.3 is 9.64 Å². The Kier molecular flexibility index (Phi) is 4.66. The second-order valence-corrected chi connectivity index (χ2v) is 5.70. The first kappa shape index (κ1) is 15.6. The number of aromatic nitrogens is 3. The molecule has 0 aliphatic carbocycles. The third-order valence-electron chi connectivity index (χ3n) is 4.29. The monoisotopic (exact) mass is 316 g/mol. The van der Waals surface area contributed by atoms with Crippen molar-refractivity contribution in [3.63, 3.8) is 0 Å². The van der Waals surface area contributed by atoms with Gasteiger partial charge in [0.15, 0.2) is 0 Å². The fourth-order valence-electron chi connectivity index (χ4n) is 2.87. The van der Waals surface area contributed by atoms with E-state index in [-0.39, 0.29) is 30.5 Å². The molecule has 2 aromatic rings. The number of carbonyl (C=O) groups excluding carboxylic acids is 1. The van der Waals surface area contributed by atoms with Crippen LogP contribution in [0, 0.1) is 0 Å². The summed E-state index contributed by atoms with van der Waals surface area (Å²) in [5.74, 6) is 0.0430. The molecule has 3 rings (SSSR count). The summed E-state index contributed by atoms with van der Waals surface area (Å²) < 4.78 is 6.57. The number of fused-ring (bicyclic) bond motifs is 1. The van der Waals surface area contributed by atoms with Crippen molar-refractivity contribution in [2.24, 2.45) is 0 Å². The maximum absolute atomic E-state index is 12.3. The minimum atomic E-state index is -0.207. The van der Waals surface area contributed by atoms with Crippen LogP contribution in [0.4, 0.5) is 0 Å². The van der Waals surface area contributed by atoms with E-state index in [9.17, 15) is 9.59 Å². The molecule has 1 aliphatic rings. The van der Waals surface area contributed by atoms with Crippen molar-refractivity contribution in [1.82, 2.24) is 19.9 Å². The van der Waals surface area contributed by atoms with Crippen LogP contribution in [0.25, 0.3) is 10.9 Å². The van der Waals surface area contributed by atoms with E-state index in [1.54, 1.807) is 25.3 Å². The van der Waals surface area contributed by atoms with Gasteiger partial charge in [0, 0.05) is 26.6 Å². The van der Waals surface area contributed by atoms with Crippen molar-refractivity contribution >= 4 is 16.8 Å². The highest BCUT2D eigenvalue weighted by molar-refractivity contribution is 5.77. The summed E-state index contributed by atoms with van der Waals surface area (Å²) in [4.78, 5) is 26.4. The fraction of sp³-hybridized carbons (Fsp3) is 0.500. The number of hydrogen-bond acceptors (Lipinski definition) is 5. The van der Waals surface area contributed by atoms with Crippen LogP contribution in [0.3, 0.4) is 0 Å². The van der Waals surface area contributed by atoms with Crippen LogP contribution >= 0.6 is 0 Å². The highest BCUT2D eigenvalue weighted by Gasteiger charge is 2.22. The second kappa shape index (κ2) is 6.87. The van der Waals surface area contributed by atoms with E-state index in [2.05, 4.69) is 10.3 Å². The SMILES string of the molecule is COC1CCN(C(=O)CCn2nnc3ccccc3c2=O)CC1. The Hall–Kier alpha value is -2.28. The van der Waals surface area contributed by atoms with Crippen molar-refractivity contribution < 1.29 is 9.53 Å². The highest BCUT2D eigenvalue weighted by atomic mass is 16.5. The predicted molar refractivity (Wildman–Crippen MR) is 85.0 cm³/mol. The standard InChI is InChI=1S/C16H20N4O3/c1-23-12-6-9-19(10-7-12)15(21)8-11-20-16(22)13-4-2-3-5-14(13)17-18-20/h2-5,12H,6-11H2,1H3. The zero-order chi connectivity index (χ0) is 16.2. The molecule has 1 saturated heterocycles. The highest BCUT2D eigenvalue weighted by Crippen LogP contribution is 2.13. The van der Waals surface area contributed by atoms with E-state index in [0.29, 0.717) is 24.0 Å². The van der Waals surface area contributed by atoms with E-state index < -0.39 is 0 Å². The van der Waals surface area contributed by atoms with Crippen LogP contribution in [0.5, 0.6) is 0 Å². The number of benzene rings is 1. The lowest BCUT2D eigenvalue weighted by Crippen LogP contribution is -2.41. The number of rotatable bonds is 4. The lowest BCUT2D eigenvalue weighted by Gasteiger charge is -2.31. The van der Waals surface area contributed by atoms with E-state index in [1.165, 1.54) is 4.68 Å². The maximum atomic E-state index is 12.3. The summed E-state index contributed by atoms with van der Waals surface area (Å²) in [6.07, 6.45) is 2.22. The topological polar surface area (TPSA) is 77.3 Å². The van der Waals surface area contributed by atoms with Crippen LogP contribution < -0.4 is 5.56 Å². The third kappa shape index (κ3) is 3.39. The van der Waals surface area contributed by atoms with Gasteiger partial charge in [0.2, 0.25) is 5.91 Å². The fourth-order valence-corrected chi connectivity index (χ4v) is 2.87. The van der Waals surface area contributed by atoms with E-state index >= 15 is 0 Å². The lowest BCUT2D eigenvalue weighted by molar-refractivity contribution is -0.133. The molecule has 1 amide bonds. The van der Waals surface area contributed by atoms with Gasteiger partial charge in [0.25, 0.3) is 5.56 Å². The molecule has 0 spiro atoms. The molecule has 0 unspecified atom stereocenters. The molecule has 1 aromatic carbocycles. The Morgan fingerprint density at radius 2 is 2.04 bits per heavy atom. The van der Waals surface area contributed by atoms with Gasteiger partial charge in [-0.3, -0.25) is 9.59 Å². The first-order chi connectivity index (χ1) is 11.2. The number of amides is 1. The van der Waals surface area contributed by atoms with Gasteiger partial charge in [-0.2, -0.15) is 0 Å². The van der Waals surface area contributed by atoms with Crippen LogP contribution in [0.1, 0.15) is 19.3 Å². The average molecular weight is 316 g/mol. The van der Waals surface area contributed by atoms with E-state index in [0.717, 1.165) is 12.8 Å². The number of methoxy groups -OCH3 is 1. The quantitative estimate of drug-likeness (QED) is 0.834. The van der Waals surface area contributed by atoms with Gasteiger partial charge in [0.1, 0.15) is 5.52 Å². The second-order valence-electron chi connectivity index (χ2n) is 5.70. The molecule has 0 atom stereocenters. The van der Waals surface area contributed by atoms with Crippen LogP contribution in [-0.2, 0) is 16.1 Å². The minimum Gasteiger partial charge on any atom is -0.381 e. The molecule has 0 N–H and O–H groups in total. The summed E-state index contributed by atoms with van der Waals surface area (Å²) in [6.45, 7) is 1.66. The van der Waals surface area contributed by atoms with Gasteiger partial charge in [-0.15, -0.1) is 5.10 Å². The van der Waals surface area contributed by atoms with Crippen LogP contribution in [-0.4, -0.2) is 52.1 Å². The van der Waals surface area contributed by atoms with Crippen molar-refractivity contribution in [3.8, 4) is 0 Å². The van der Waals surface area contributed by atoms with Crippen molar-refractivity contribution in [1.29, 1.82) is 0 Å². The number of piperidine rings is 1. The molecular formula is C16H20N4O3. The summed E-state index contributed by atoms with van der Waals surface area (Å²) in [5.41, 5.74) is 0.364. The van der Waals surface area contributed by atoms with Crippen molar-refractivity contribution in [2.45, 2.75) is 31.9 Å². The summed E-state index contributed by atoms with van der Waals surface area (Å²) in [6, 6.07) is 7.08. The van der Waals surface area contributed by atoms with Crippen LogP contribution in [0.15, 0.2) is 29.1 Å². The summed E-state index contributed by atoms with van der Waals surface area (Å²) in [7, 11) is 1.70. The smallest absolute Gasteiger partial charge is 0.277 e.